The van der Waals surface area contributed by atoms with Crippen LogP contribution >= 0.6 is 27.5 Å². The van der Waals surface area contributed by atoms with Gasteiger partial charge in [0.15, 0.2) is 0 Å². The summed E-state index contributed by atoms with van der Waals surface area (Å²) in [6.45, 7) is 0.445. The number of nitro groups is 1. The monoisotopic (exact) mass is 355 g/mol. The van der Waals surface area contributed by atoms with Crippen LogP contribution < -0.4 is 4.74 Å². The molecule has 104 valence electrons. The SMILES string of the molecule is O=[N+]([O-])c1cc(OCCc2ccc(Br)cc2)ccc1Cl. The molecule has 2 rings (SSSR count). The van der Waals surface area contributed by atoms with Crippen LogP contribution in [0.25, 0.3) is 0 Å². The van der Waals surface area contributed by atoms with Gasteiger partial charge < -0.3 is 4.74 Å². The van der Waals surface area contributed by atoms with Gasteiger partial charge in [0.05, 0.1) is 17.6 Å². The second-order valence-electron chi connectivity index (χ2n) is 4.10. The van der Waals surface area contributed by atoms with Gasteiger partial charge in [-0.3, -0.25) is 10.1 Å². The fraction of sp³-hybridized carbons (Fsp3) is 0.143. The van der Waals surface area contributed by atoms with Crippen molar-refractivity contribution in [1.82, 2.24) is 0 Å². The number of hydrogen-bond acceptors (Lipinski definition) is 3. The molecule has 0 radical (unpaired) electrons. The minimum Gasteiger partial charge on any atom is -0.493 e. The summed E-state index contributed by atoms with van der Waals surface area (Å²) >= 11 is 9.11. The van der Waals surface area contributed by atoms with Gasteiger partial charge in [0, 0.05) is 10.9 Å². The maximum absolute atomic E-state index is 10.8. The molecule has 0 fully saturated rings. The van der Waals surface area contributed by atoms with Crippen LogP contribution in [0.3, 0.4) is 0 Å². The molecular weight excluding hydrogens is 346 g/mol. The van der Waals surface area contributed by atoms with Crippen LogP contribution in [0.4, 0.5) is 5.69 Å². The Hall–Kier alpha value is -1.59. The molecule has 0 atom stereocenters. The number of nitro benzene ring substituents is 1. The summed E-state index contributed by atoms with van der Waals surface area (Å²) < 4.78 is 6.53. The number of benzene rings is 2. The zero-order chi connectivity index (χ0) is 14.5. The zero-order valence-electron chi connectivity index (χ0n) is 10.4. The van der Waals surface area contributed by atoms with E-state index in [0.717, 1.165) is 16.5 Å². The van der Waals surface area contributed by atoms with Gasteiger partial charge in [0.1, 0.15) is 10.8 Å². The number of rotatable bonds is 5. The van der Waals surface area contributed by atoms with Gasteiger partial charge >= 0.3 is 0 Å². The van der Waals surface area contributed by atoms with Crippen LogP contribution in [0.15, 0.2) is 46.9 Å². The number of ether oxygens (including phenoxy) is 1. The molecule has 4 nitrogen and oxygen atoms in total. The predicted octanol–water partition coefficient (Wildman–Crippen LogP) is 4.63. The summed E-state index contributed by atoms with van der Waals surface area (Å²) in [5.41, 5.74) is 0.990. The fourth-order valence-electron chi connectivity index (χ4n) is 1.66. The van der Waals surface area contributed by atoms with E-state index in [1.165, 1.54) is 12.1 Å². The molecule has 0 N–H and O–H groups in total. The highest BCUT2D eigenvalue weighted by atomic mass is 79.9. The summed E-state index contributed by atoms with van der Waals surface area (Å²) in [6, 6.07) is 12.3. The first kappa shape index (κ1) is 14.8. The fourth-order valence-corrected chi connectivity index (χ4v) is 2.11. The van der Waals surface area contributed by atoms with Crippen molar-refractivity contribution in [3.8, 4) is 5.75 Å². The van der Waals surface area contributed by atoms with E-state index >= 15 is 0 Å². The highest BCUT2D eigenvalue weighted by Crippen LogP contribution is 2.28. The first-order valence-electron chi connectivity index (χ1n) is 5.87. The quantitative estimate of drug-likeness (QED) is 0.579. The van der Waals surface area contributed by atoms with Crippen LogP contribution in [-0.2, 0) is 6.42 Å². The first-order chi connectivity index (χ1) is 9.56. The molecular formula is C14H11BrClNO3. The maximum atomic E-state index is 10.8. The summed E-state index contributed by atoms with van der Waals surface area (Å²) in [5.74, 6) is 0.443. The predicted molar refractivity (Wildman–Crippen MR) is 81.4 cm³/mol. The van der Waals surface area contributed by atoms with Crippen LogP contribution in [0, 0.1) is 10.1 Å². The van der Waals surface area contributed by atoms with Crippen molar-refractivity contribution in [3.05, 3.63) is 67.6 Å². The molecule has 0 spiro atoms. The average molecular weight is 357 g/mol. The van der Waals surface area contributed by atoms with Crippen LogP contribution in [0.1, 0.15) is 5.56 Å². The van der Waals surface area contributed by atoms with Gasteiger partial charge in [-0.2, -0.15) is 0 Å². The molecule has 0 heterocycles. The Morgan fingerprint density at radius 1 is 1.20 bits per heavy atom. The molecule has 0 bridgehead atoms. The maximum Gasteiger partial charge on any atom is 0.291 e. The van der Waals surface area contributed by atoms with E-state index in [9.17, 15) is 10.1 Å². The third kappa shape index (κ3) is 3.95. The van der Waals surface area contributed by atoms with Crippen molar-refractivity contribution in [2.45, 2.75) is 6.42 Å². The van der Waals surface area contributed by atoms with Crippen molar-refractivity contribution in [2.75, 3.05) is 6.61 Å². The van der Waals surface area contributed by atoms with E-state index in [0.29, 0.717) is 12.4 Å². The molecule has 0 aliphatic heterocycles. The molecule has 2 aromatic carbocycles. The Labute approximate surface area is 129 Å². The lowest BCUT2D eigenvalue weighted by Crippen LogP contribution is -2.01. The van der Waals surface area contributed by atoms with Crippen LogP contribution in [0.5, 0.6) is 5.75 Å². The molecule has 0 saturated heterocycles. The molecule has 0 aliphatic rings. The molecule has 6 heteroatoms. The van der Waals surface area contributed by atoms with Gasteiger partial charge in [-0.05, 0) is 29.8 Å². The normalized spacial score (nSPS) is 10.3. The van der Waals surface area contributed by atoms with E-state index in [4.69, 9.17) is 16.3 Å². The van der Waals surface area contributed by atoms with Gasteiger partial charge in [-0.25, -0.2) is 0 Å². The third-order valence-corrected chi connectivity index (χ3v) is 3.54. The molecule has 2 aromatic rings. The van der Waals surface area contributed by atoms with Gasteiger partial charge in [-0.1, -0.05) is 39.7 Å². The Morgan fingerprint density at radius 3 is 2.55 bits per heavy atom. The standard InChI is InChI=1S/C14H11BrClNO3/c15-11-3-1-10(2-4-11)7-8-20-12-5-6-13(16)14(9-12)17(18)19/h1-6,9H,7-8H2. The van der Waals surface area contributed by atoms with Crippen molar-refractivity contribution in [3.63, 3.8) is 0 Å². The van der Waals surface area contributed by atoms with Crippen molar-refractivity contribution >= 4 is 33.2 Å². The second kappa shape index (κ2) is 6.72. The zero-order valence-corrected chi connectivity index (χ0v) is 12.7. The van der Waals surface area contributed by atoms with E-state index < -0.39 is 4.92 Å². The first-order valence-corrected chi connectivity index (χ1v) is 7.04. The van der Waals surface area contributed by atoms with Gasteiger partial charge in [-0.15, -0.1) is 0 Å². The number of nitrogens with zero attached hydrogens (tertiary/aromatic N) is 1. The van der Waals surface area contributed by atoms with Crippen molar-refractivity contribution in [2.24, 2.45) is 0 Å². The molecule has 0 amide bonds. The van der Waals surface area contributed by atoms with E-state index in [-0.39, 0.29) is 10.7 Å². The average Bonchev–Trinajstić information content (AvgIpc) is 2.42. The topological polar surface area (TPSA) is 52.4 Å². The van der Waals surface area contributed by atoms with Gasteiger partial charge in [0.2, 0.25) is 0 Å². The minimum absolute atomic E-state index is 0.107. The summed E-state index contributed by atoms with van der Waals surface area (Å²) in [7, 11) is 0. The van der Waals surface area contributed by atoms with E-state index in [2.05, 4.69) is 15.9 Å². The highest BCUT2D eigenvalue weighted by Gasteiger charge is 2.13. The molecule has 0 unspecified atom stereocenters. The number of halogens is 2. The smallest absolute Gasteiger partial charge is 0.291 e. The second-order valence-corrected chi connectivity index (χ2v) is 5.42. The lowest BCUT2D eigenvalue weighted by Gasteiger charge is -2.06. The van der Waals surface area contributed by atoms with Gasteiger partial charge in [0.25, 0.3) is 5.69 Å². The Bertz CT molecular complexity index is 616. The third-order valence-electron chi connectivity index (χ3n) is 2.69. The van der Waals surface area contributed by atoms with E-state index in [1.54, 1.807) is 6.07 Å². The minimum atomic E-state index is -0.524. The molecule has 0 aliphatic carbocycles. The lowest BCUT2D eigenvalue weighted by molar-refractivity contribution is -0.384. The summed E-state index contributed by atoms with van der Waals surface area (Å²) in [5, 5.41) is 10.9. The molecule has 0 saturated carbocycles. The summed E-state index contributed by atoms with van der Waals surface area (Å²) in [4.78, 5) is 10.2. The molecule has 20 heavy (non-hydrogen) atoms. The lowest BCUT2D eigenvalue weighted by atomic mass is 10.2. The number of hydrogen-bond donors (Lipinski definition) is 0. The van der Waals surface area contributed by atoms with Crippen LogP contribution in [-0.4, -0.2) is 11.5 Å². The van der Waals surface area contributed by atoms with Crippen molar-refractivity contribution in [1.29, 1.82) is 0 Å². The highest BCUT2D eigenvalue weighted by molar-refractivity contribution is 9.10. The Balaban J connectivity index is 1.96. The van der Waals surface area contributed by atoms with Crippen LogP contribution in [0.2, 0.25) is 5.02 Å². The summed E-state index contributed by atoms with van der Waals surface area (Å²) in [6.07, 6.45) is 0.726. The van der Waals surface area contributed by atoms with E-state index in [1.807, 2.05) is 24.3 Å². The Kier molecular flexibility index (Phi) is 4.98. The van der Waals surface area contributed by atoms with Crippen molar-refractivity contribution < 1.29 is 9.66 Å². The largest absolute Gasteiger partial charge is 0.493 e. The Morgan fingerprint density at radius 2 is 1.90 bits per heavy atom. The molecule has 0 aromatic heterocycles.